The average molecular weight is 267 g/mol. The monoisotopic (exact) mass is 267 g/mol. The zero-order chi connectivity index (χ0) is 14.0. The normalized spacial score (nSPS) is 22.2. The first-order valence-electron chi connectivity index (χ1n) is 6.83. The van der Waals surface area contributed by atoms with Crippen molar-refractivity contribution in [1.29, 1.82) is 0 Å². The number of aliphatic hydroxyl groups excluding tert-OH is 1. The quantitative estimate of drug-likeness (QED) is 0.894. The number of ether oxygens (including phenoxy) is 1. The lowest BCUT2D eigenvalue weighted by atomic mass is 10.0. The van der Waals surface area contributed by atoms with Gasteiger partial charge in [0.15, 0.2) is 0 Å². The molecule has 1 heterocycles. The van der Waals surface area contributed by atoms with Crippen molar-refractivity contribution in [2.45, 2.75) is 39.4 Å². The minimum atomic E-state index is -0.676. The van der Waals surface area contributed by atoms with E-state index in [9.17, 15) is 9.50 Å². The molecule has 4 heteroatoms. The molecule has 2 rings (SSSR count). The van der Waals surface area contributed by atoms with Crippen LogP contribution >= 0.6 is 0 Å². The van der Waals surface area contributed by atoms with Crippen LogP contribution in [-0.2, 0) is 4.74 Å². The van der Waals surface area contributed by atoms with E-state index in [1.165, 1.54) is 6.07 Å². The molecule has 1 aromatic rings. The Morgan fingerprint density at radius 3 is 2.89 bits per heavy atom. The number of hydrogen-bond acceptors (Lipinski definition) is 3. The molecule has 2 unspecified atom stereocenters. The zero-order valence-electron chi connectivity index (χ0n) is 11.8. The molecule has 19 heavy (non-hydrogen) atoms. The topological polar surface area (TPSA) is 32.7 Å². The third-order valence-electron chi connectivity index (χ3n) is 3.55. The molecule has 2 atom stereocenters. The standard InChI is InChI=1S/C15H22FNO2/c1-10-7-15(13(12(3)18)8-14(10)16)17-5-4-6-19-11(2)9-17/h7-8,11-12,18H,4-6,9H2,1-3H3. The summed E-state index contributed by atoms with van der Waals surface area (Å²) in [6, 6.07) is 3.28. The lowest BCUT2D eigenvalue weighted by Gasteiger charge is -2.28. The Kier molecular flexibility index (Phi) is 4.42. The van der Waals surface area contributed by atoms with Gasteiger partial charge in [-0.25, -0.2) is 4.39 Å². The van der Waals surface area contributed by atoms with E-state index in [-0.39, 0.29) is 11.9 Å². The van der Waals surface area contributed by atoms with Crippen LogP contribution in [0.25, 0.3) is 0 Å². The number of aryl methyl sites for hydroxylation is 1. The van der Waals surface area contributed by atoms with E-state index in [1.807, 2.05) is 13.0 Å². The lowest BCUT2D eigenvalue weighted by Crippen LogP contribution is -2.31. The number of nitrogens with zero attached hydrogens (tertiary/aromatic N) is 1. The van der Waals surface area contributed by atoms with Gasteiger partial charge in [-0.1, -0.05) is 0 Å². The molecule has 0 aliphatic carbocycles. The largest absolute Gasteiger partial charge is 0.389 e. The van der Waals surface area contributed by atoms with Crippen LogP contribution in [0, 0.1) is 12.7 Å². The second-order valence-electron chi connectivity index (χ2n) is 5.32. The van der Waals surface area contributed by atoms with Gasteiger partial charge in [0.1, 0.15) is 5.82 Å². The summed E-state index contributed by atoms with van der Waals surface area (Å²) in [7, 11) is 0. The fraction of sp³-hybridized carbons (Fsp3) is 0.600. The minimum Gasteiger partial charge on any atom is -0.389 e. The van der Waals surface area contributed by atoms with Crippen molar-refractivity contribution in [1.82, 2.24) is 0 Å². The van der Waals surface area contributed by atoms with Gasteiger partial charge in [-0.3, -0.25) is 0 Å². The van der Waals surface area contributed by atoms with Crippen molar-refractivity contribution in [3.8, 4) is 0 Å². The first-order valence-corrected chi connectivity index (χ1v) is 6.83. The van der Waals surface area contributed by atoms with Crippen LogP contribution in [0.2, 0.25) is 0 Å². The smallest absolute Gasteiger partial charge is 0.126 e. The molecule has 0 amide bonds. The summed E-state index contributed by atoms with van der Waals surface area (Å²) in [4.78, 5) is 2.19. The Morgan fingerprint density at radius 2 is 2.21 bits per heavy atom. The van der Waals surface area contributed by atoms with E-state index in [0.717, 1.165) is 31.8 Å². The third-order valence-corrected chi connectivity index (χ3v) is 3.55. The van der Waals surface area contributed by atoms with Crippen molar-refractivity contribution in [3.05, 3.63) is 29.1 Å². The average Bonchev–Trinajstić information content (AvgIpc) is 2.56. The summed E-state index contributed by atoms with van der Waals surface area (Å²) >= 11 is 0. The summed E-state index contributed by atoms with van der Waals surface area (Å²) in [6.45, 7) is 7.85. The molecular formula is C15H22FNO2. The van der Waals surface area contributed by atoms with Gasteiger partial charge in [-0.2, -0.15) is 0 Å². The van der Waals surface area contributed by atoms with Crippen LogP contribution in [-0.4, -0.2) is 30.9 Å². The molecule has 1 aromatic carbocycles. The van der Waals surface area contributed by atoms with Gasteiger partial charge in [0.25, 0.3) is 0 Å². The van der Waals surface area contributed by atoms with Gasteiger partial charge < -0.3 is 14.7 Å². The van der Waals surface area contributed by atoms with Crippen LogP contribution in [0.5, 0.6) is 0 Å². The molecule has 0 saturated carbocycles. The molecule has 0 aromatic heterocycles. The Labute approximate surface area is 114 Å². The molecule has 0 spiro atoms. The fourth-order valence-corrected chi connectivity index (χ4v) is 2.50. The summed E-state index contributed by atoms with van der Waals surface area (Å²) in [5.74, 6) is -0.265. The van der Waals surface area contributed by atoms with E-state index >= 15 is 0 Å². The number of benzene rings is 1. The molecule has 1 N–H and O–H groups in total. The number of hydrogen-bond donors (Lipinski definition) is 1. The Balaban J connectivity index is 2.38. The predicted molar refractivity (Wildman–Crippen MR) is 74.0 cm³/mol. The first kappa shape index (κ1) is 14.3. The molecule has 1 saturated heterocycles. The highest BCUT2D eigenvalue weighted by Crippen LogP contribution is 2.30. The number of halogens is 1. The van der Waals surface area contributed by atoms with Gasteiger partial charge in [0.05, 0.1) is 12.2 Å². The van der Waals surface area contributed by atoms with Gasteiger partial charge in [0, 0.05) is 30.9 Å². The van der Waals surface area contributed by atoms with Gasteiger partial charge in [0.2, 0.25) is 0 Å². The molecule has 106 valence electrons. The van der Waals surface area contributed by atoms with Crippen LogP contribution in [0.15, 0.2) is 12.1 Å². The van der Waals surface area contributed by atoms with Crippen molar-refractivity contribution < 1.29 is 14.2 Å². The zero-order valence-corrected chi connectivity index (χ0v) is 11.8. The van der Waals surface area contributed by atoms with Gasteiger partial charge in [-0.05, 0) is 44.9 Å². The molecule has 0 bridgehead atoms. The highest BCUT2D eigenvalue weighted by Gasteiger charge is 2.20. The Morgan fingerprint density at radius 1 is 1.47 bits per heavy atom. The van der Waals surface area contributed by atoms with E-state index in [2.05, 4.69) is 4.90 Å². The van der Waals surface area contributed by atoms with Gasteiger partial charge in [-0.15, -0.1) is 0 Å². The summed E-state index contributed by atoms with van der Waals surface area (Å²) in [5, 5.41) is 9.86. The summed E-state index contributed by atoms with van der Waals surface area (Å²) in [5.41, 5.74) is 2.18. The maximum absolute atomic E-state index is 13.7. The maximum Gasteiger partial charge on any atom is 0.126 e. The molecule has 1 fully saturated rings. The first-order chi connectivity index (χ1) is 8.99. The summed E-state index contributed by atoms with van der Waals surface area (Å²) < 4.78 is 19.3. The fourth-order valence-electron chi connectivity index (χ4n) is 2.50. The second-order valence-corrected chi connectivity index (χ2v) is 5.32. The van der Waals surface area contributed by atoms with Gasteiger partial charge >= 0.3 is 0 Å². The molecule has 1 aliphatic heterocycles. The Bertz CT molecular complexity index is 448. The highest BCUT2D eigenvalue weighted by molar-refractivity contribution is 5.57. The number of rotatable bonds is 2. The van der Waals surface area contributed by atoms with E-state index in [1.54, 1.807) is 13.8 Å². The van der Waals surface area contributed by atoms with E-state index in [0.29, 0.717) is 11.1 Å². The molecule has 3 nitrogen and oxygen atoms in total. The predicted octanol–water partition coefficient (Wildman–Crippen LogP) is 2.80. The maximum atomic E-state index is 13.7. The highest BCUT2D eigenvalue weighted by atomic mass is 19.1. The van der Waals surface area contributed by atoms with Crippen molar-refractivity contribution in [2.24, 2.45) is 0 Å². The van der Waals surface area contributed by atoms with Crippen LogP contribution in [0.3, 0.4) is 0 Å². The molecular weight excluding hydrogens is 245 g/mol. The summed E-state index contributed by atoms with van der Waals surface area (Å²) in [6.07, 6.45) is 0.416. The number of aliphatic hydroxyl groups is 1. The van der Waals surface area contributed by atoms with Crippen molar-refractivity contribution in [2.75, 3.05) is 24.6 Å². The second kappa shape index (κ2) is 5.88. The Hall–Kier alpha value is -1.13. The van der Waals surface area contributed by atoms with Crippen molar-refractivity contribution >= 4 is 5.69 Å². The van der Waals surface area contributed by atoms with Crippen LogP contribution in [0.4, 0.5) is 10.1 Å². The van der Waals surface area contributed by atoms with E-state index < -0.39 is 6.10 Å². The van der Waals surface area contributed by atoms with Crippen molar-refractivity contribution in [3.63, 3.8) is 0 Å². The van der Waals surface area contributed by atoms with Crippen LogP contribution in [0.1, 0.15) is 37.5 Å². The van der Waals surface area contributed by atoms with E-state index in [4.69, 9.17) is 4.74 Å². The SMILES string of the molecule is Cc1cc(N2CCCOC(C)C2)c(C(C)O)cc1F. The number of anilines is 1. The lowest BCUT2D eigenvalue weighted by molar-refractivity contribution is 0.0820. The van der Waals surface area contributed by atoms with Crippen LogP contribution < -0.4 is 4.90 Å². The minimum absolute atomic E-state index is 0.148. The molecule has 1 aliphatic rings. The molecule has 0 radical (unpaired) electrons. The third kappa shape index (κ3) is 3.25.